The summed E-state index contributed by atoms with van der Waals surface area (Å²) in [5, 5.41) is 12.7. The van der Waals surface area contributed by atoms with Crippen molar-refractivity contribution >= 4 is 5.97 Å². The first-order chi connectivity index (χ1) is 8.66. The maximum Gasteiger partial charge on any atom is 0.305 e. The Balaban J connectivity index is 2.32. The Bertz CT molecular complexity index is 607. The molecule has 6 heteroatoms. The minimum Gasteiger partial charge on any atom is -0.481 e. The van der Waals surface area contributed by atoms with Crippen LogP contribution in [0, 0.1) is 0 Å². The molecule has 0 radical (unpaired) electrons. The van der Waals surface area contributed by atoms with Crippen molar-refractivity contribution in [3.05, 3.63) is 47.0 Å². The Morgan fingerprint density at radius 3 is 2.61 bits per heavy atom. The van der Waals surface area contributed by atoms with E-state index in [0.29, 0.717) is 5.69 Å². The highest BCUT2D eigenvalue weighted by atomic mass is 16.4. The molecule has 92 valence electrons. The van der Waals surface area contributed by atoms with E-state index in [4.69, 9.17) is 5.11 Å². The lowest BCUT2D eigenvalue weighted by atomic mass is 10.2. The lowest BCUT2D eigenvalue weighted by Gasteiger charge is -2.05. The maximum atomic E-state index is 11.5. The van der Waals surface area contributed by atoms with Crippen molar-refractivity contribution < 1.29 is 9.90 Å². The molecule has 2 aromatic heterocycles. The molecule has 0 atom stereocenters. The molecular formula is C12H11N3O3. The van der Waals surface area contributed by atoms with Gasteiger partial charge in [-0.1, -0.05) is 0 Å². The smallest absolute Gasteiger partial charge is 0.305 e. The third-order valence-electron chi connectivity index (χ3n) is 2.38. The SMILES string of the molecule is O=C(O)CCn1nc(-c2ccncc2)ccc1=O. The van der Waals surface area contributed by atoms with Crippen LogP contribution in [0.15, 0.2) is 41.5 Å². The second kappa shape index (κ2) is 5.22. The zero-order chi connectivity index (χ0) is 13.0. The van der Waals surface area contributed by atoms with Crippen LogP contribution in [0.1, 0.15) is 6.42 Å². The Morgan fingerprint density at radius 1 is 1.22 bits per heavy atom. The standard InChI is InChI=1S/C12H11N3O3/c16-11-2-1-10(9-3-6-13-7-4-9)14-15(11)8-5-12(17)18/h1-4,6-7H,5,8H2,(H,17,18). The molecule has 0 unspecified atom stereocenters. The van der Waals surface area contributed by atoms with Crippen molar-refractivity contribution in [1.29, 1.82) is 0 Å². The molecule has 0 aromatic carbocycles. The molecule has 1 N–H and O–H groups in total. The van der Waals surface area contributed by atoms with Crippen LogP contribution in [-0.4, -0.2) is 25.8 Å². The van der Waals surface area contributed by atoms with Gasteiger partial charge in [-0.15, -0.1) is 0 Å². The number of pyridine rings is 1. The van der Waals surface area contributed by atoms with Crippen LogP contribution in [0.25, 0.3) is 11.3 Å². The van der Waals surface area contributed by atoms with E-state index in [9.17, 15) is 9.59 Å². The van der Waals surface area contributed by atoms with E-state index in [2.05, 4.69) is 10.1 Å². The second-order valence-corrected chi connectivity index (χ2v) is 3.66. The summed E-state index contributed by atoms with van der Waals surface area (Å²) in [6, 6.07) is 6.53. The average molecular weight is 245 g/mol. The van der Waals surface area contributed by atoms with Crippen molar-refractivity contribution in [3.8, 4) is 11.3 Å². The average Bonchev–Trinajstić information content (AvgIpc) is 2.38. The van der Waals surface area contributed by atoms with E-state index in [0.717, 1.165) is 10.2 Å². The Morgan fingerprint density at radius 2 is 1.94 bits per heavy atom. The molecule has 18 heavy (non-hydrogen) atoms. The number of hydrogen-bond donors (Lipinski definition) is 1. The first kappa shape index (κ1) is 12.0. The number of carboxylic acid groups (broad SMARTS) is 1. The van der Waals surface area contributed by atoms with Crippen molar-refractivity contribution in [3.63, 3.8) is 0 Å². The number of aryl methyl sites for hydroxylation is 1. The number of nitrogens with zero attached hydrogens (tertiary/aromatic N) is 3. The highest BCUT2D eigenvalue weighted by Crippen LogP contribution is 2.12. The molecule has 2 heterocycles. The van der Waals surface area contributed by atoms with Crippen LogP contribution >= 0.6 is 0 Å². The Kier molecular flexibility index (Phi) is 3.47. The summed E-state index contributed by atoms with van der Waals surface area (Å²) in [4.78, 5) is 25.9. The molecule has 6 nitrogen and oxygen atoms in total. The molecule has 2 rings (SSSR count). The molecule has 0 bridgehead atoms. The highest BCUT2D eigenvalue weighted by Gasteiger charge is 2.04. The largest absolute Gasteiger partial charge is 0.481 e. The predicted molar refractivity (Wildman–Crippen MR) is 64.0 cm³/mol. The first-order valence-corrected chi connectivity index (χ1v) is 5.37. The fraction of sp³-hybridized carbons (Fsp3) is 0.167. The normalized spacial score (nSPS) is 10.2. The summed E-state index contributed by atoms with van der Waals surface area (Å²) in [6.45, 7) is 0.0626. The van der Waals surface area contributed by atoms with Gasteiger partial charge in [0.1, 0.15) is 0 Å². The van der Waals surface area contributed by atoms with Crippen LogP contribution in [0.3, 0.4) is 0 Å². The van der Waals surface area contributed by atoms with Gasteiger partial charge in [0.15, 0.2) is 0 Å². The highest BCUT2D eigenvalue weighted by molar-refractivity contribution is 5.66. The van der Waals surface area contributed by atoms with Gasteiger partial charge in [-0.2, -0.15) is 5.10 Å². The van der Waals surface area contributed by atoms with Gasteiger partial charge in [0, 0.05) is 24.0 Å². The molecule has 0 aliphatic carbocycles. The molecule has 0 aliphatic rings. The molecule has 0 saturated heterocycles. The summed E-state index contributed by atoms with van der Waals surface area (Å²) < 4.78 is 1.16. The van der Waals surface area contributed by atoms with Gasteiger partial charge < -0.3 is 5.11 Å². The van der Waals surface area contributed by atoms with E-state index in [1.165, 1.54) is 6.07 Å². The summed E-state index contributed by atoms with van der Waals surface area (Å²) in [7, 11) is 0. The van der Waals surface area contributed by atoms with Crippen LogP contribution in [0.5, 0.6) is 0 Å². The summed E-state index contributed by atoms with van der Waals surface area (Å²) in [6.07, 6.45) is 3.13. The number of rotatable bonds is 4. The van der Waals surface area contributed by atoms with Gasteiger partial charge >= 0.3 is 5.97 Å². The zero-order valence-electron chi connectivity index (χ0n) is 9.48. The third kappa shape index (κ3) is 2.79. The number of hydrogen-bond acceptors (Lipinski definition) is 4. The minimum atomic E-state index is -0.960. The minimum absolute atomic E-state index is 0.0626. The van der Waals surface area contributed by atoms with Crippen molar-refractivity contribution in [2.75, 3.05) is 0 Å². The summed E-state index contributed by atoms with van der Waals surface area (Å²) in [5.41, 5.74) is 1.13. The topological polar surface area (TPSA) is 85.1 Å². The van der Waals surface area contributed by atoms with E-state index >= 15 is 0 Å². The van der Waals surface area contributed by atoms with E-state index in [1.807, 2.05) is 0 Å². The van der Waals surface area contributed by atoms with Gasteiger partial charge in [-0.05, 0) is 18.2 Å². The van der Waals surface area contributed by atoms with Gasteiger partial charge in [0.25, 0.3) is 5.56 Å². The van der Waals surface area contributed by atoms with Crippen molar-refractivity contribution in [1.82, 2.24) is 14.8 Å². The van der Waals surface area contributed by atoms with Crippen molar-refractivity contribution in [2.45, 2.75) is 13.0 Å². The van der Waals surface area contributed by atoms with Crippen LogP contribution in [0.2, 0.25) is 0 Å². The molecule has 0 fully saturated rings. The zero-order valence-corrected chi connectivity index (χ0v) is 9.48. The first-order valence-electron chi connectivity index (χ1n) is 5.37. The number of aliphatic carboxylic acids is 1. The van der Waals surface area contributed by atoms with E-state index < -0.39 is 5.97 Å². The van der Waals surface area contributed by atoms with Gasteiger partial charge in [-0.3, -0.25) is 14.6 Å². The Labute approximate surface area is 103 Å². The van der Waals surface area contributed by atoms with E-state index in [-0.39, 0.29) is 18.5 Å². The molecule has 2 aromatic rings. The number of aromatic nitrogens is 3. The summed E-state index contributed by atoms with van der Waals surface area (Å²) in [5.74, 6) is -0.960. The quantitative estimate of drug-likeness (QED) is 0.860. The predicted octanol–water partition coefficient (Wildman–Crippen LogP) is 0.780. The van der Waals surface area contributed by atoms with Gasteiger partial charge in [-0.25, -0.2) is 4.68 Å². The Hall–Kier alpha value is -2.50. The van der Waals surface area contributed by atoms with Gasteiger partial charge in [0.05, 0.1) is 18.7 Å². The lowest BCUT2D eigenvalue weighted by molar-refractivity contribution is -0.137. The van der Waals surface area contributed by atoms with Crippen LogP contribution in [-0.2, 0) is 11.3 Å². The van der Waals surface area contributed by atoms with E-state index in [1.54, 1.807) is 30.6 Å². The molecule has 0 aliphatic heterocycles. The van der Waals surface area contributed by atoms with Crippen LogP contribution in [0.4, 0.5) is 0 Å². The van der Waals surface area contributed by atoms with Crippen LogP contribution < -0.4 is 5.56 Å². The molecule has 0 amide bonds. The van der Waals surface area contributed by atoms with Crippen molar-refractivity contribution in [2.24, 2.45) is 0 Å². The van der Waals surface area contributed by atoms with Gasteiger partial charge in [0.2, 0.25) is 0 Å². The molecule has 0 spiro atoms. The lowest BCUT2D eigenvalue weighted by Crippen LogP contribution is -2.23. The monoisotopic (exact) mass is 245 g/mol. The summed E-state index contributed by atoms with van der Waals surface area (Å²) >= 11 is 0. The number of carboxylic acids is 1. The third-order valence-corrected chi connectivity index (χ3v) is 2.38. The maximum absolute atomic E-state index is 11.5. The number of carbonyl (C=O) groups is 1. The molecular weight excluding hydrogens is 234 g/mol. The fourth-order valence-corrected chi connectivity index (χ4v) is 1.49. The second-order valence-electron chi connectivity index (χ2n) is 3.66. The fourth-order valence-electron chi connectivity index (χ4n) is 1.49. The molecule has 0 saturated carbocycles.